The first-order chi connectivity index (χ1) is 12.1. The van der Waals surface area contributed by atoms with Crippen molar-refractivity contribution in [3.05, 3.63) is 64.5 Å². The number of hydrogen-bond acceptors (Lipinski definition) is 4. The molecule has 0 saturated heterocycles. The van der Waals surface area contributed by atoms with Gasteiger partial charge in [0.05, 0.1) is 11.1 Å². The molecular weight excluding hydrogens is 314 g/mol. The molecule has 0 aliphatic carbocycles. The van der Waals surface area contributed by atoms with Gasteiger partial charge in [-0.3, -0.25) is 4.90 Å². The van der Waals surface area contributed by atoms with Crippen molar-refractivity contribution in [2.45, 2.75) is 20.4 Å². The van der Waals surface area contributed by atoms with Gasteiger partial charge in [0, 0.05) is 18.5 Å². The lowest BCUT2D eigenvalue weighted by molar-refractivity contribution is 0.0848. The number of ether oxygens (including phenoxy) is 1. The van der Waals surface area contributed by atoms with E-state index in [9.17, 15) is 4.79 Å². The van der Waals surface area contributed by atoms with Crippen molar-refractivity contribution in [3.8, 4) is 16.9 Å². The molecule has 0 saturated carbocycles. The fourth-order valence-electron chi connectivity index (χ4n) is 3.39. The van der Waals surface area contributed by atoms with Gasteiger partial charge in [-0.25, -0.2) is 4.79 Å². The normalized spacial score (nSPS) is 14.5. The minimum Gasteiger partial charge on any atom is -0.478 e. The molecule has 1 aromatic heterocycles. The summed E-state index contributed by atoms with van der Waals surface area (Å²) >= 11 is 0. The fraction of sp³-hybridized carbons (Fsp3) is 0.286. The Morgan fingerprint density at radius 2 is 1.92 bits per heavy atom. The van der Waals surface area contributed by atoms with Crippen LogP contribution < -0.4 is 10.4 Å². The van der Waals surface area contributed by atoms with Gasteiger partial charge < -0.3 is 9.15 Å². The van der Waals surface area contributed by atoms with E-state index in [1.54, 1.807) is 0 Å². The minimum atomic E-state index is -0.312. The Bertz CT molecular complexity index is 960. The van der Waals surface area contributed by atoms with Crippen molar-refractivity contribution in [2.75, 3.05) is 13.3 Å². The van der Waals surface area contributed by atoms with Gasteiger partial charge in [0.2, 0.25) is 0 Å². The van der Waals surface area contributed by atoms with Crippen LogP contribution in [0.1, 0.15) is 19.4 Å². The summed E-state index contributed by atoms with van der Waals surface area (Å²) in [5.74, 6) is 1.36. The van der Waals surface area contributed by atoms with Crippen LogP contribution in [-0.2, 0) is 6.54 Å². The van der Waals surface area contributed by atoms with Crippen molar-refractivity contribution in [1.29, 1.82) is 0 Å². The van der Waals surface area contributed by atoms with Gasteiger partial charge in [-0.2, -0.15) is 0 Å². The van der Waals surface area contributed by atoms with E-state index in [0.29, 0.717) is 23.8 Å². The van der Waals surface area contributed by atoms with E-state index in [2.05, 4.69) is 18.7 Å². The maximum Gasteiger partial charge on any atom is 0.344 e. The van der Waals surface area contributed by atoms with Crippen LogP contribution in [0.3, 0.4) is 0 Å². The molecule has 128 valence electrons. The molecule has 4 rings (SSSR count). The van der Waals surface area contributed by atoms with Gasteiger partial charge >= 0.3 is 5.63 Å². The molecule has 2 heterocycles. The summed E-state index contributed by atoms with van der Waals surface area (Å²) in [5, 5.41) is 0.923. The molecule has 0 N–H and O–H groups in total. The number of hydrogen-bond donors (Lipinski definition) is 0. The van der Waals surface area contributed by atoms with Gasteiger partial charge in [0.25, 0.3) is 0 Å². The van der Waals surface area contributed by atoms with Crippen molar-refractivity contribution in [3.63, 3.8) is 0 Å². The van der Waals surface area contributed by atoms with Crippen LogP contribution in [0.15, 0.2) is 57.7 Å². The van der Waals surface area contributed by atoms with E-state index in [0.717, 1.165) is 35.4 Å². The molecule has 0 amide bonds. The van der Waals surface area contributed by atoms with Gasteiger partial charge in [-0.15, -0.1) is 0 Å². The second-order valence-electron chi connectivity index (χ2n) is 6.95. The van der Waals surface area contributed by atoms with E-state index in [-0.39, 0.29) is 5.63 Å². The summed E-state index contributed by atoms with van der Waals surface area (Å²) in [4.78, 5) is 14.8. The third-order valence-corrected chi connectivity index (χ3v) is 4.45. The van der Waals surface area contributed by atoms with Gasteiger partial charge in [-0.05, 0) is 29.7 Å². The van der Waals surface area contributed by atoms with Crippen LogP contribution in [0.25, 0.3) is 22.1 Å². The standard InChI is InChI=1S/C21H21NO3/c1-14(2)11-22-12-18-19(24-13-22)9-8-16-10-17(21(23)25-20(16)18)15-6-4-3-5-7-15/h3-10,14H,11-13H2,1-2H3. The maximum absolute atomic E-state index is 12.6. The summed E-state index contributed by atoms with van der Waals surface area (Å²) in [6, 6.07) is 15.5. The first kappa shape index (κ1) is 15.9. The summed E-state index contributed by atoms with van der Waals surface area (Å²) in [7, 11) is 0. The summed E-state index contributed by atoms with van der Waals surface area (Å²) in [6.07, 6.45) is 0. The number of rotatable bonds is 3. The lowest BCUT2D eigenvalue weighted by Gasteiger charge is -2.30. The minimum absolute atomic E-state index is 0.312. The molecule has 4 nitrogen and oxygen atoms in total. The molecule has 0 radical (unpaired) electrons. The van der Waals surface area contributed by atoms with Crippen molar-refractivity contribution in [2.24, 2.45) is 5.92 Å². The number of fused-ring (bicyclic) bond motifs is 3. The van der Waals surface area contributed by atoms with Gasteiger partial charge in [0.1, 0.15) is 18.1 Å². The topological polar surface area (TPSA) is 42.7 Å². The van der Waals surface area contributed by atoms with Crippen LogP contribution in [0.4, 0.5) is 0 Å². The van der Waals surface area contributed by atoms with E-state index < -0.39 is 0 Å². The highest BCUT2D eigenvalue weighted by molar-refractivity contribution is 5.86. The van der Waals surface area contributed by atoms with Crippen LogP contribution >= 0.6 is 0 Å². The summed E-state index contributed by atoms with van der Waals surface area (Å²) < 4.78 is 11.6. The van der Waals surface area contributed by atoms with Gasteiger partial charge in [0.15, 0.2) is 0 Å². The average molecular weight is 335 g/mol. The third kappa shape index (κ3) is 3.05. The molecule has 2 aromatic carbocycles. The Labute approximate surface area is 146 Å². The van der Waals surface area contributed by atoms with E-state index in [4.69, 9.17) is 9.15 Å². The smallest absolute Gasteiger partial charge is 0.344 e. The zero-order valence-electron chi connectivity index (χ0n) is 14.5. The highest BCUT2D eigenvalue weighted by Gasteiger charge is 2.22. The molecule has 0 fully saturated rings. The predicted molar refractivity (Wildman–Crippen MR) is 98.7 cm³/mol. The zero-order chi connectivity index (χ0) is 17.4. The molecule has 4 heteroatoms. The van der Waals surface area contributed by atoms with Crippen LogP contribution in [0.5, 0.6) is 5.75 Å². The zero-order valence-corrected chi connectivity index (χ0v) is 14.5. The van der Waals surface area contributed by atoms with Gasteiger partial charge in [-0.1, -0.05) is 44.2 Å². The molecule has 25 heavy (non-hydrogen) atoms. The van der Waals surface area contributed by atoms with E-state index in [1.165, 1.54) is 0 Å². The Hall–Kier alpha value is -2.59. The second kappa shape index (κ2) is 6.37. The second-order valence-corrected chi connectivity index (χ2v) is 6.95. The molecule has 0 spiro atoms. The molecule has 0 bridgehead atoms. The van der Waals surface area contributed by atoms with Crippen LogP contribution in [0, 0.1) is 5.92 Å². The monoisotopic (exact) mass is 335 g/mol. The Balaban J connectivity index is 1.81. The largest absolute Gasteiger partial charge is 0.478 e. The summed E-state index contributed by atoms with van der Waals surface area (Å²) in [6.45, 7) is 6.62. The first-order valence-electron chi connectivity index (χ1n) is 8.62. The van der Waals surface area contributed by atoms with Crippen molar-refractivity contribution >= 4 is 11.0 Å². The molecule has 3 aromatic rings. The van der Waals surface area contributed by atoms with Crippen molar-refractivity contribution in [1.82, 2.24) is 4.90 Å². The van der Waals surface area contributed by atoms with E-state index >= 15 is 0 Å². The SMILES string of the molecule is CC(C)CN1COc2ccc3cc(-c4ccccc4)c(=O)oc3c2C1. The molecule has 0 atom stereocenters. The molecule has 1 aliphatic rings. The highest BCUT2D eigenvalue weighted by Crippen LogP contribution is 2.33. The molecule has 1 aliphatic heterocycles. The quantitative estimate of drug-likeness (QED) is 0.671. The highest BCUT2D eigenvalue weighted by atomic mass is 16.5. The average Bonchev–Trinajstić information content (AvgIpc) is 2.61. The van der Waals surface area contributed by atoms with Crippen LogP contribution in [-0.4, -0.2) is 18.2 Å². The Kier molecular flexibility index (Phi) is 4.06. The number of nitrogens with zero attached hydrogens (tertiary/aromatic N) is 1. The Morgan fingerprint density at radius 3 is 2.68 bits per heavy atom. The molecule has 0 unspecified atom stereocenters. The maximum atomic E-state index is 12.6. The van der Waals surface area contributed by atoms with Crippen molar-refractivity contribution < 1.29 is 9.15 Å². The van der Waals surface area contributed by atoms with E-state index in [1.807, 2.05) is 48.5 Å². The first-order valence-corrected chi connectivity index (χ1v) is 8.62. The number of benzene rings is 2. The third-order valence-electron chi connectivity index (χ3n) is 4.45. The van der Waals surface area contributed by atoms with Crippen LogP contribution in [0.2, 0.25) is 0 Å². The Morgan fingerprint density at radius 1 is 1.12 bits per heavy atom. The fourth-order valence-corrected chi connectivity index (χ4v) is 3.39. The summed E-state index contributed by atoms with van der Waals surface area (Å²) in [5.41, 5.74) is 2.74. The lowest BCUT2D eigenvalue weighted by Crippen LogP contribution is -2.34. The predicted octanol–water partition coefficient (Wildman–Crippen LogP) is 4.27. The lowest BCUT2D eigenvalue weighted by atomic mass is 10.0. The molecular formula is C21H21NO3.